The lowest BCUT2D eigenvalue weighted by Crippen LogP contribution is -2.41. The number of furan rings is 1. The molecule has 2 aromatic rings. The first kappa shape index (κ1) is 16.1. The van der Waals surface area contributed by atoms with Crippen LogP contribution in [0, 0.1) is 12.8 Å². The van der Waals surface area contributed by atoms with Gasteiger partial charge in [0.2, 0.25) is 5.91 Å². The summed E-state index contributed by atoms with van der Waals surface area (Å²) in [6.45, 7) is 5.31. The van der Waals surface area contributed by atoms with Crippen LogP contribution in [0.2, 0.25) is 0 Å². The summed E-state index contributed by atoms with van der Waals surface area (Å²) in [5, 5.41) is 1.83. The molecule has 1 saturated heterocycles. The first-order chi connectivity index (χ1) is 11.1. The van der Waals surface area contributed by atoms with E-state index < -0.39 is 0 Å². The van der Waals surface area contributed by atoms with E-state index in [0.717, 1.165) is 30.8 Å². The van der Waals surface area contributed by atoms with Crippen LogP contribution in [0.15, 0.2) is 33.0 Å². The molecule has 2 atom stereocenters. The standard InChI is InChI=1S/C17H22N2O3S/c1-12-5-7-19(14(10-12)15-4-3-9-22-15)16(20)6-8-18-13(2)11-23-17(18)21/h3-4,9,11-12,14H,5-8,10H2,1-2H3. The van der Waals surface area contributed by atoms with Crippen LogP contribution >= 0.6 is 11.3 Å². The number of thiazole rings is 1. The molecule has 23 heavy (non-hydrogen) atoms. The molecule has 0 aliphatic carbocycles. The summed E-state index contributed by atoms with van der Waals surface area (Å²) >= 11 is 1.18. The van der Waals surface area contributed by atoms with E-state index in [2.05, 4.69) is 6.92 Å². The highest BCUT2D eigenvalue weighted by atomic mass is 32.1. The normalized spacial score (nSPS) is 21.6. The minimum Gasteiger partial charge on any atom is -0.467 e. The molecule has 5 nitrogen and oxygen atoms in total. The quantitative estimate of drug-likeness (QED) is 0.863. The monoisotopic (exact) mass is 334 g/mol. The number of hydrogen-bond acceptors (Lipinski definition) is 4. The van der Waals surface area contributed by atoms with Gasteiger partial charge in [0.25, 0.3) is 0 Å². The Bertz CT molecular complexity index is 717. The molecule has 0 radical (unpaired) electrons. The first-order valence-corrected chi connectivity index (χ1v) is 8.92. The number of carbonyl (C=O) groups excluding carboxylic acids is 1. The van der Waals surface area contributed by atoms with Crippen LogP contribution in [-0.4, -0.2) is 21.9 Å². The molecule has 0 bridgehead atoms. The molecule has 2 aromatic heterocycles. The molecule has 6 heteroatoms. The van der Waals surface area contributed by atoms with E-state index in [1.165, 1.54) is 11.3 Å². The highest BCUT2D eigenvalue weighted by Crippen LogP contribution is 2.34. The smallest absolute Gasteiger partial charge is 0.307 e. The molecule has 1 amide bonds. The third-order valence-electron chi connectivity index (χ3n) is 4.58. The molecule has 0 spiro atoms. The summed E-state index contributed by atoms with van der Waals surface area (Å²) in [6, 6.07) is 3.82. The molecular formula is C17H22N2O3S. The van der Waals surface area contributed by atoms with E-state index in [1.54, 1.807) is 10.8 Å². The maximum Gasteiger partial charge on any atom is 0.307 e. The van der Waals surface area contributed by atoms with Crippen molar-refractivity contribution >= 4 is 17.2 Å². The lowest BCUT2D eigenvalue weighted by Gasteiger charge is -2.37. The van der Waals surface area contributed by atoms with Gasteiger partial charge in [-0.2, -0.15) is 0 Å². The zero-order valence-electron chi connectivity index (χ0n) is 13.5. The highest BCUT2D eigenvalue weighted by Gasteiger charge is 2.32. The Kier molecular flexibility index (Phi) is 4.71. The number of nitrogens with zero attached hydrogens (tertiary/aromatic N) is 2. The summed E-state index contributed by atoms with van der Waals surface area (Å²) in [5.41, 5.74) is 0.919. The van der Waals surface area contributed by atoms with Crippen LogP contribution in [0.25, 0.3) is 0 Å². The van der Waals surface area contributed by atoms with Gasteiger partial charge in [0.15, 0.2) is 0 Å². The van der Waals surface area contributed by atoms with E-state index in [9.17, 15) is 9.59 Å². The Hall–Kier alpha value is -1.82. The zero-order chi connectivity index (χ0) is 16.4. The molecule has 0 aromatic carbocycles. The molecule has 0 saturated carbocycles. The Balaban J connectivity index is 1.71. The van der Waals surface area contributed by atoms with Gasteiger partial charge < -0.3 is 13.9 Å². The van der Waals surface area contributed by atoms with Crippen LogP contribution in [0.3, 0.4) is 0 Å². The van der Waals surface area contributed by atoms with Crippen molar-refractivity contribution in [1.82, 2.24) is 9.47 Å². The number of hydrogen-bond donors (Lipinski definition) is 0. The fourth-order valence-corrected chi connectivity index (χ4v) is 3.98. The maximum atomic E-state index is 12.7. The lowest BCUT2D eigenvalue weighted by atomic mass is 9.91. The van der Waals surface area contributed by atoms with Crippen LogP contribution in [0.4, 0.5) is 0 Å². The largest absolute Gasteiger partial charge is 0.467 e. The average molecular weight is 334 g/mol. The zero-order valence-corrected chi connectivity index (χ0v) is 14.3. The van der Waals surface area contributed by atoms with Gasteiger partial charge in [-0.15, -0.1) is 0 Å². The Morgan fingerprint density at radius 1 is 1.48 bits per heavy atom. The van der Waals surface area contributed by atoms with E-state index in [0.29, 0.717) is 18.9 Å². The first-order valence-electron chi connectivity index (χ1n) is 8.04. The second-order valence-electron chi connectivity index (χ2n) is 6.29. The topological polar surface area (TPSA) is 55.5 Å². The molecule has 3 rings (SSSR count). The SMILES string of the molecule is Cc1csc(=O)n1CCC(=O)N1CCC(C)CC1c1ccco1. The third-order valence-corrected chi connectivity index (χ3v) is 5.46. The number of likely N-dealkylation sites (tertiary alicyclic amines) is 1. The summed E-state index contributed by atoms with van der Waals surface area (Å²) in [6.07, 6.45) is 3.95. The number of aromatic nitrogens is 1. The van der Waals surface area contributed by atoms with E-state index in [1.807, 2.05) is 29.3 Å². The van der Waals surface area contributed by atoms with Gasteiger partial charge in [0.1, 0.15) is 5.76 Å². The number of carbonyl (C=O) groups is 1. The molecule has 0 N–H and O–H groups in total. The van der Waals surface area contributed by atoms with E-state index in [-0.39, 0.29) is 16.8 Å². The molecule has 124 valence electrons. The van der Waals surface area contributed by atoms with Crippen molar-refractivity contribution in [2.75, 3.05) is 6.54 Å². The van der Waals surface area contributed by atoms with Crippen molar-refractivity contribution in [2.45, 2.75) is 45.7 Å². The number of aryl methyl sites for hydroxylation is 1. The van der Waals surface area contributed by atoms with E-state index >= 15 is 0 Å². The van der Waals surface area contributed by atoms with Crippen LogP contribution in [0.1, 0.15) is 43.7 Å². The molecule has 2 unspecified atom stereocenters. The molecule has 1 fully saturated rings. The molecule has 1 aliphatic heterocycles. The van der Waals surface area contributed by atoms with Gasteiger partial charge in [-0.1, -0.05) is 18.3 Å². The number of amides is 1. The fraction of sp³-hybridized carbons (Fsp3) is 0.529. The second kappa shape index (κ2) is 6.74. The van der Waals surface area contributed by atoms with Crippen LogP contribution < -0.4 is 4.87 Å². The maximum absolute atomic E-state index is 12.7. The minimum absolute atomic E-state index is 0.00477. The fourth-order valence-electron chi connectivity index (χ4n) is 3.22. The molecule has 3 heterocycles. The van der Waals surface area contributed by atoms with Crippen molar-refractivity contribution in [3.8, 4) is 0 Å². The predicted molar refractivity (Wildman–Crippen MR) is 89.5 cm³/mol. The van der Waals surface area contributed by atoms with Crippen LogP contribution in [-0.2, 0) is 11.3 Å². The average Bonchev–Trinajstić information content (AvgIpc) is 3.16. The van der Waals surface area contributed by atoms with Gasteiger partial charge in [0.05, 0.1) is 12.3 Å². The van der Waals surface area contributed by atoms with Crippen molar-refractivity contribution in [1.29, 1.82) is 0 Å². The van der Waals surface area contributed by atoms with Crippen LogP contribution in [0.5, 0.6) is 0 Å². The minimum atomic E-state index is 0.00477. The lowest BCUT2D eigenvalue weighted by molar-refractivity contribution is -0.136. The second-order valence-corrected chi connectivity index (χ2v) is 7.11. The summed E-state index contributed by atoms with van der Waals surface area (Å²) in [4.78, 5) is 26.4. The predicted octanol–water partition coefficient (Wildman–Crippen LogP) is 3.20. The molecule has 1 aliphatic rings. The summed E-state index contributed by atoms with van der Waals surface area (Å²) < 4.78 is 7.22. The Morgan fingerprint density at radius 3 is 2.96 bits per heavy atom. The number of rotatable bonds is 4. The van der Waals surface area contributed by atoms with Crippen molar-refractivity contribution in [2.24, 2.45) is 5.92 Å². The number of piperidine rings is 1. The van der Waals surface area contributed by atoms with Crippen molar-refractivity contribution in [3.63, 3.8) is 0 Å². The Morgan fingerprint density at radius 2 is 2.30 bits per heavy atom. The van der Waals surface area contributed by atoms with Gasteiger partial charge in [-0.25, -0.2) is 0 Å². The molecular weight excluding hydrogens is 312 g/mol. The van der Waals surface area contributed by atoms with Gasteiger partial charge in [-0.3, -0.25) is 9.59 Å². The third kappa shape index (κ3) is 3.42. The van der Waals surface area contributed by atoms with Gasteiger partial charge in [0, 0.05) is 30.6 Å². The van der Waals surface area contributed by atoms with Gasteiger partial charge in [-0.05, 0) is 37.8 Å². The van der Waals surface area contributed by atoms with Crippen molar-refractivity contribution < 1.29 is 9.21 Å². The highest BCUT2D eigenvalue weighted by molar-refractivity contribution is 7.07. The summed E-state index contributed by atoms with van der Waals surface area (Å²) in [5.74, 6) is 1.53. The van der Waals surface area contributed by atoms with Gasteiger partial charge >= 0.3 is 4.87 Å². The summed E-state index contributed by atoms with van der Waals surface area (Å²) in [7, 11) is 0. The van der Waals surface area contributed by atoms with Crippen molar-refractivity contribution in [3.05, 3.63) is 44.9 Å². The Labute approximate surface area is 139 Å². The van der Waals surface area contributed by atoms with E-state index in [4.69, 9.17) is 4.42 Å².